The van der Waals surface area contributed by atoms with Crippen molar-refractivity contribution in [3.05, 3.63) is 51.7 Å². The van der Waals surface area contributed by atoms with Crippen molar-refractivity contribution in [2.24, 2.45) is 0 Å². The average molecular weight is 422 g/mol. The van der Waals surface area contributed by atoms with Crippen LogP contribution in [0.4, 0.5) is 20.3 Å². The van der Waals surface area contributed by atoms with Gasteiger partial charge in [-0.25, -0.2) is 4.98 Å². The molecule has 2 aromatic rings. The number of nitrogens with zero attached hydrogens (tertiary/aromatic N) is 3. The Bertz CT molecular complexity index is 918. The second kappa shape index (κ2) is 9.33. The number of hydrogen-bond donors (Lipinski definition) is 1. The minimum Gasteiger partial charge on any atom is -0.493 e. The number of methoxy groups -OCH3 is 1. The van der Waals surface area contributed by atoms with Gasteiger partial charge in [0.15, 0.2) is 11.5 Å². The van der Waals surface area contributed by atoms with Gasteiger partial charge in [0.05, 0.1) is 18.1 Å². The highest BCUT2D eigenvalue weighted by Gasteiger charge is 2.26. The Morgan fingerprint density at radius 2 is 2.03 bits per heavy atom. The van der Waals surface area contributed by atoms with Crippen molar-refractivity contribution in [3.8, 4) is 11.5 Å². The van der Waals surface area contributed by atoms with Gasteiger partial charge < -0.3 is 19.7 Å². The molecule has 1 amide bonds. The smallest absolute Gasteiger partial charge is 0.387 e. The van der Waals surface area contributed by atoms with Crippen LogP contribution in [0.15, 0.2) is 30.5 Å². The highest BCUT2D eigenvalue weighted by Crippen LogP contribution is 2.35. The van der Waals surface area contributed by atoms with E-state index in [1.807, 2.05) is 12.1 Å². The predicted molar refractivity (Wildman–Crippen MR) is 103 cm³/mol. The molecule has 1 aliphatic heterocycles. The molecule has 1 N–H and O–H groups in total. The lowest BCUT2D eigenvalue weighted by molar-refractivity contribution is -0.385. The van der Waals surface area contributed by atoms with Crippen LogP contribution in [0.5, 0.6) is 11.5 Å². The summed E-state index contributed by atoms with van der Waals surface area (Å²) in [5.41, 5.74) is -0.301. The summed E-state index contributed by atoms with van der Waals surface area (Å²) < 4.78 is 34.2. The Kier molecular flexibility index (Phi) is 6.60. The number of aromatic nitrogens is 1. The zero-order valence-electron chi connectivity index (χ0n) is 16.1. The number of anilines is 1. The summed E-state index contributed by atoms with van der Waals surface area (Å²) >= 11 is 0. The molecular formula is C19H20F2N4O5. The van der Waals surface area contributed by atoms with Crippen molar-refractivity contribution < 1.29 is 28.0 Å². The molecule has 1 aromatic heterocycles. The van der Waals surface area contributed by atoms with Crippen molar-refractivity contribution in [2.45, 2.75) is 26.0 Å². The van der Waals surface area contributed by atoms with Crippen molar-refractivity contribution in [1.82, 2.24) is 10.3 Å². The van der Waals surface area contributed by atoms with E-state index in [2.05, 4.69) is 19.9 Å². The summed E-state index contributed by atoms with van der Waals surface area (Å²) in [6.45, 7) is -1.20. The van der Waals surface area contributed by atoms with Gasteiger partial charge in [0.2, 0.25) is 0 Å². The number of amides is 1. The van der Waals surface area contributed by atoms with Crippen LogP contribution in [-0.4, -0.2) is 42.6 Å². The molecule has 0 aliphatic carbocycles. The molecule has 11 heteroatoms. The lowest BCUT2D eigenvalue weighted by atomic mass is 10.1. The van der Waals surface area contributed by atoms with E-state index in [1.165, 1.54) is 7.11 Å². The number of ether oxygens (including phenoxy) is 2. The normalized spacial score (nSPS) is 13.4. The summed E-state index contributed by atoms with van der Waals surface area (Å²) in [7, 11) is 1.18. The molecular weight excluding hydrogens is 402 g/mol. The summed E-state index contributed by atoms with van der Waals surface area (Å²) in [4.78, 5) is 29.6. The minimum absolute atomic E-state index is 0.0842. The summed E-state index contributed by atoms with van der Waals surface area (Å²) in [5, 5.41) is 13.9. The Labute approximate surface area is 170 Å². The van der Waals surface area contributed by atoms with Crippen LogP contribution in [0, 0.1) is 10.1 Å². The summed E-state index contributed by atoms with van der Waals surface area (Å²) in [6.07, 6.45) is 3.88. The third kappa shape index (κ3) is 4.91. The number of nitrogens with one attached hydrogen (secondary N) is 1. The molecule has 0 spiro atoms. The topological polar surface area (TPSA) is 107 Å². The summed E-state index contributed by atoms with van der Waals surface area (Å²) in [6, 6.07) is 5.41. The lowest BCUT2D eigenvalue weighted by Gasteiger charge is -2.16. The molecule has 1 fully saturated rings. The number of benzene rings is 1. The van der Waals surface area contributed by atoms with Crippen molar-refractivity contribution >= 4 is 17.4 Å². The van der Waals surface area contributed by atoms with E-state index in [9.17, 15) is 23.7 Å². The molecule has 1 aromatic carbocycles. The summed E-state index contributed by atoms with van der Waals surface area (Å²) in [5.74, 6) is -0.648. The van der Waals surface area contributed by atoms with Gasteiger partial charge in [0.1, 0.15) is 11.4 Å². The quantitative estimate of drug-likeness (QED) is 0.514. The number of alkyl halides is 2. The molecule has 0 bridgehead atoms. The van der Waals surface area contributed by atoms with Gasteiger partial charge in [0.25, 0.3) is 11.6 Å². The molecule has 9 nitrogen and oxygen atoms in total. The van der Waals surface area contributed by atoms with Crippen LogP contribution in [0.25, 0.3) is 0 Å². The molecule has 0 saturated carbocycles. The van der Waals surface area contributed by atoms with Gasteiger partial charge >= 0.3 is 6.61 Å². The first-order valence-corrected chi connectivity index (χ1v) is 9.18. The Hall–Kier alpha value is -3.50. The van der Waals surface area contributed by atoms with Gasteiger partial charge in [-0.2, -0.15) is 8.78 Å². The number of hydrogen-bond acceptors (Lipinski definition) is 7. The minimum atomic E-state index is -3.20. The van der Waals surface area contributed by atoms with Crippen LogP contribution < -0.4 is 19.7 Å². The molecule has 3 rings (SSSR count). The average Bonchev–Trinajstić information content (AvgIpc) is 3.26. The molecule has 1 saturated heterocycles. The Morgan fingerprint density at radius 1 is 1.30 bits per heavy atom. The number of carbonyl (C=O) groups is 1. The highest BCUT2D eigenvalue weighted by atomic mass is 19.3. The van der Waals surface area contributed by atoms with E-state index in [0.717, 1.165) is 43.9 Å². The number of rotatable bonds is 8. The van der Waals surface area contributed by atoms with Gasteiger partial charge in [-0.05, 0) is 24.5 Å². The first-order valence-electron chi connectivity index (χ1n) is 9.18. The van der Waals surface area contributed by atoms with E-state index in [4.69, 9.17) is 4.74 Å². The van der Waals surface area contributed by atoms with E-state index in [1.54, 1.807) is 6.20 Å². The fraction of sp³-hybridized carbons (Fsp3) is 0.368. The van der Waals surface area contributed by atoms with Crippen LogP contribution in [-0.2, 0) is 6.54 Å². The molecule has 160 valence electrons. The van der Waals surface area contributed by atoms with Crippen molar-refractivity contribution in [2.75, 3.05) is 25.1 Å². The SMILES string of the molecule is COc1cc(C(=O)NCc2ccc(N3CCCC3)nc2)c([N+](=O)[O-])cc1OC(F)F. The Morgan fingerprint density at radius 3 is 2.60 bits per heavy atom. The molecule has 0 unspecified atom stereocenters. The number of halogens is 2. The molecule has 0 atom stereocenters. The van der Waals surface area contributed by atoms with Crippen molar-refractivity contribution in [3.63, 3.8) is 0 Å². The molecule has 0 radical (unpaired) electrons. The second-order valence-electron chi connectivity index (χ2n) is 6.56. The second-order valence-corrected chi connectivity index (χ2v) is 6.56. The monoisotopic (exact) mass is 422 g/mol. The zero-order valence-corrected chi connectivity index (χ0v) is 16.1. The maximum atomic E-state index is 12.5. The fourth-order valence-electron chi connectivity index (χ4n) is 3.16. The van der Waals surface area contributed by atoms with Crippen LogP contribution in [0.2, 0.25) is 0 Å². The number of nitro benzene ring substituents is 1. The predicted octanol–water partition coefficient (Wildman–Crippen LogP) is 3.13. The zero-order chi connectivity index (χ0) is 21.7. The number of carbonyl (C=O) groups excluding carboxylic acids is 1. The van der Waals surface area contributed by atoms with E-state index >= 15 is 0 Å². The van der Waals surface area contributed by atoms with Gasteiger partial charge in [-0.3, -0.25) is 14.9 Å². The standard InChI is InChI=1S/C19H20F2N4O5/c1-29-15-8-13(14(25(27)28)9-16(15)30-19(20)21)18(26)23-11-12-4-5-17(22-10-12)24-6-2-3-7-24/h4-5,8-10,19H,2-3,6-7,11H2,1H3,(H,23,26). The van der Waals surface area contributed by atoms with Gasteiger partial charge in [-0.15, -0.1) is 0 Å². The van der Waals surface area contributed by atoms with Crippen molar-refractivity contribution in [1.29, 1.82) is 0 Å². The Balaban J connectivity index is 1.74. The van der Waals surface area contributed by atoms with Gasteiger partial charge in [0, 0.05) is 31.9 Å². The first-order chi connectivity index (χ1) is 14.4. The lowest BCUT2D eigenvalue weighted by Crippen LogP contribution is -2.24. The fourth-order valence-corrected chi connectivity index (χ4v) is 3.16. The van der Waals surface area contributed by atoms with E-state index < -0.39 is 28.9 Å². The molecule has 1 aliphatic rings. The van der Waals surface area contributed by atoms with Crippen LogP contribution in [0.1, 0.15) is 28.8 Å². The molecule has 2 heterocycles. The van der Waals surface area contributed by atoms with Gasteiger partial charge in [-0.1, -0.05) is 6.07 Å². The third-order valence-electron chi connectivity index (χ3n) is 4.63. The van der Waals surface area contributed by atoms with E-state index in [0.29, 0.717) is 5.56 Å². The van der Waals surface area contributed by atoms with Crippen LogP contribution in [0.3, 0.4) is 0 Å². The number of nitro groups is 1. The van der Waals surface area contributed by atoms with Crippen LogP contribution >= 0.6 is 0 Å². The molecule has 30 heavy (non-hydrogen) atoms. The largest absolute Gasteiger partial charge is 0.493 e. The highest BCUT2D eigenvalue weighted by molar-refractivity contribution is 5.99. The first kappa shape index (κ1) is 21.2. The maximum absolute atomic E-state index is 12.5. The maximum Gasteiger partial charge on any atom is 0.387 e. The third-order valence-corrected chi connectivity index (χ3v) is 4.63. The van der Waals surface area contributed by atoms with E-state index in [-0.39, 0.29) is 17.9 Å². The number of pyridine rings is 1.